The summed E-state index contributed by atoms with van der Waals surface area (Å²) in [5, 5.41) is 3.18. The highest BCUT2D eigenvalue weighted by molar-refractivity contribution is 7.91. The van der Waals surface area contributed by atoms with Crippen molar-refractivity contribution in [3.63, 3.8) is 0 Å². The molecular weight excluding hydrogens is 270 g/mol. The summed E-state index contributed by atoms with van der Waals surface area (Å²) in [7, 11) is -2.93. The standard InChI is InChI=1S/C13H28ClNO2S/c1-2-3-4-5-6-7-8-10-15-11-13-18(16,17)12-9-14/h15H,2-13H2,1H3. The van der Waals surface area contributed by atoms with Crippen LogP contribution in [-0.4, -0.2) is 38.9 Å². The van der Waals surface area contributed by atoms with Crippen molar-refractivity contribution in [3.05, 3.63) is 0 Å². The molecule has 1 N–H and O–H groups in total. The fourth-order valence-corrected chi connectivity index (χ4v) is 3.38. The molecule has 0 aliphatic rings. The Morgan fingerprint density at radius 3 is 2.11 bits per heavy atom. The Bertz CT molecular complexity index is 268. The van der Waals surface area contributed by atoms with Crippen LogP contribution in [0, 0.1) is 0 Å². The zero-order chi connectivity index (χ0) is 13.7. The van der Waals surface area contributed by atoms with Gasteiger partial charge in [0.25, 0.3) is 0 Å². The molecule has 0 amide bonds. The van der Waals surface area contributed by atoms with Crippen LogP contribution in [0.25, 0.3) is 0 Å². The normalized spacial score (nSPS) is 11.9. The third kappa shape index (κ3) is 12.7. The molecule has 0 atom stereocenters. The topological polar surface area (TPSA) is 46.2 Å². The predicted octanol–water partition coefficient (Wildman–Crippen LogP) is 2.98. The van der Waals surface area contributed by atoms with E-state index in [1.165, 1.54) is 38.5 Å². The quantitative estimate of drug-likeness (QED) is 0.420. The molecular formula is C13H28ClNO2S. The number of hydrogen-bond acceptors (Lipinski definition) is 3. The Morgan fingerprint density at radius 1 is 0.889 bits per heavy atom. The molecule has 0 saturated carbocycles. The molecule has 18 heavy (non-hydrogen) atoms. The first-order valence-electron chi connectivity index (χ1n) is 7.09. The lowest BCUT2D eigenvalue weighted by atomic mass is 10.1. The summed E-state index contributed by atoms with van der Waals surface area (Å²) in [5.41, 5.74) is 0. The fraction of sp³-hybridized carbons (Fsp3) is 1.00. The molecule has 110 valence electrons. The minimum Gasteiger partial charge on any atom is -0.316 e. The summed E-state index contributed by atoms with van der Waals surface area (Å²) < 4.78 is 22.7. The third-order valence-electron chi connectivity index (χ3n) is 2.94. The number of nitrogens with one attached hydrogen (secondary N) is 1. The van der Waals surface area contributed by atoms with E-state index in [0.29, 0.717) is 6.54 Å². The van der Waals surface area contributed by atoms with Crippen LogP contribution >= 0.6 is 11.6 Å². The Kier molecular flexibility index (Phi) is 12.4. The first-order chi connectivity index (χ1) is 8.62. The summed E-state index contributed by atoms with van der Waals surface area (Å²) >= 11 is 5.42. The van der Waals surface area contributed by atoms with Gasteiger partial charge < -0.3 is 5.32 Å². The molecule has 0 radical (unpaired) electrons. The molecule has 3 nitrogen and oxygen atoms in total. The van der Waals surface area contributed by atoms with Gasteiger partial charge >= 0.3 is 0 Å². The maximum absolute atomic E-state index is 11.3. The zero-order valence-electron chi connectivity index (χ0n) is 11.6. The van der Waals surface area contributed by atoms with Gasteiger partial charge in [0.1, 0.15) is 0 Å². The van der Waals surface area contributed by atoms with Crippen molar-refractivity contribution in [3.8, 4) is 0 Å². The summed E-state index contributed by atoms with van der Waals surface area (Å²) in [6.45, 7) is 3.70. The van der Waals surface area contributed by atoms with Crippen molar-refractivity contribution in [2.45, 2.75) is 51.9 Å². The molecule has 0 bridgehead atoms. The minimum absolute atomic E-state index is 0.0909. The lowest BCUT2D eigenvalue weighted by Crippen LogP contribution is -2.25. The second kappa shape index (κ2) is 12.2. The van der Waals surface area contributed by atoms with E-state index < -0.39 is 9.84 Å². The van der Waals surface area contributed by atoms with Gasteiger partial charge in [-0.1, -0.05) is 45.4 Å². The van der Waals surface area contributed by atoms with Crippen molar-refractivity contribution < 1.29 is 8.42 Å². The van der Waals surface area contributed by atoms with E-state index in [0.717, 1.165) is 13.0 Å². The van der Waals surface area contributed by atoms with E-state index in [1.54, 1.807) is 0 Å². The van der Waals surface area contributed by atoms with E-state index in [9.17, 15) is 8.42 Å². The first-order valence-corrected chi connectivity index (χ1v) is 9.45. The van der Waals surface area contributed by atoms with Crippen molar-refractivity contribution in [2.24, 2.45) is 0 Å². The summed E-state index contributed by atoms with van der Waals surface area (Å²) in [5.74, 6) is 0.490. The first kappa shape index (κ1) is 18.2. The van der Waals surface area contributed by atoms with Crippen molar-refractivity contribution in [1.82, 2.24) is 5.32 Å². The van der Waals surface area contributed by atoms with Crippen molar-refractivity contribution in [2.75, 3.05) is 30.5 Å². The molecule has 0 spiro atoms. The highest BCUT2D eigenvalue weighted by Crippen LogP contribution is 2.06. The van der Waals surface area contributed by atoms with Crippen molar-refractivity contribution >= 4 is 21.4 Å². The van der Waals surface area contributed by atoms with Gasteiger partial charge in [0, 0.05) is 12.4 Å². The Balaban J connectivity index is 3.21. The molecule has 0 aliphatic heterocycles. The number of rotatable bonds is 13. The van der Waals surface area contributed by atoms with Gasteiger partial charge in [0.15, 0.2) is 9.84 Å². The van der Waals surface area contributed by atoms with Crippen LogP contribution in [0.3, 0.4) is 0 Å². The molecule has 0 heterocycles. The van der Waals surface area contributed by atoms with Gasteiger partial charge in [0.05, 0.1) is 11.5 Å². The van der Waals surface area contributed by atoms with E-state index in [4.69, 9.17) is 11.6 Å². The monoisotopic (exact) mass is 297 g/mol. The van der Waals surface area contributed by atoms with Crippen LogP contribution < -0.4 is 5.32 Å². The Labute approximate surface area is 118 Å². The third-order valence-corrected chi connectivity index (χ3v) is 5.00. The van der Waals surface area contributed by atoms with Crippen LogP contribution in [0.5, 0.6) is 0 Å². The van der Waals surface area contributed by atoms with Crippen LogP contribution in [0.1, 0.15) is 51.9 Å². The summed E-state index contributed by atoms with van der Waals surface area (Å²) in [6, 6.07) is 0. The van der Waals surface area contributed by atoms with Crippen LogP contribution in [0.4, 0.5) is 0 Å². The maximum Gasteiger partial charge on any atom is 0.152 e. The second-order valence-electron chi connectivity index (χ2n) is 4.71. The second-order valence-corrected chi connectivity index (χ2v) is 7.39. The highest BCUT2D eigenvalue weighted by atomic mass is 35.5. The minimum atomic E-state index is -2.93. The average Bonchev–Trinajstić information content (AvgIpc) is 2.31. The van der Waals surface area contributed by atoms with Crippen LogP contribution in [0.2, 0.25) is 0 Å². The molecule has 0 aromatic heterocycles. The van der Waals surface area contributed by atoms with E-state index >= 15 is 0 Å². The smallest absolute Gasteiger partial charge is 0.152 e. The van der Waals surface area contributed by atoms with E-state index in [2.05, 4.69) is 12.2 Å². The van der Waals surface area contributed by atoms with Crippen molar-refractivity contribution in [1.29, 1.82) is 0 Å². The lowest BCUT2D eigenvalue weighted by Gasteiger charge is -2.05. The molecule has 0 rings (SSSR count). The van der Waals surface area contributed by atoms with Gasteiger partial charge in [-0.15, -0.1) is 11.6 Å². The Morgan fingerprint density at radius 2 is 1.50 bits per heavy atom. The van der Waals surface area contributed by atoms with Gasteiger partial charge in [-0.25, -0.2) is 8.42 Å². The molecule has 0 aromatic carbocycles. The van der Waals surface area contributed by atoms with Gasteiger partial charge in [-0.2, -0.15) is 0 Å². The summed E-state index contributed by atoms with van der Waals surface area (Å²) in [4.78, 5) is 0. The van der Waals surface area contributed by atoms with E-state index in [1.807, 2.05) is 0 Å². The Hall–Kier alpha value is 0.200. The number of sulfone groups is 1. The van der Waals surface area contributed by atoms with Gasteiger partial charge in [-0.3, -0.25) is 0 Å². The lowest BCUT2D eigenvalue weighted by molar-refractivity contribution is 0.564. The molecule has 0 saturated heterocycles. The molecule has 0 aliphatic carbocycles. The number of halogens is 1. The predicted molar refractivity (Wildman–Crippen MR) is 80.2 cm³/mol. The number of unbranched alkanes of at least 4 members (excludes halogenated alkanes) is 6. The molecule has 5 heteroatoms. The molecule has 0 unspecified atom stereocenters. The molecule has 0 aromatic rings. The summed E-state index contributed by atoms with van der Waals surface area (Å²) in [6.07, 6.45) is 8.99. The zero-order valence-corrected chi connectivity index (χ0v) is 13.2. The van der Waals surface area contributed by atoms with Gasteiger partial charge in [0.2, 0.25) is 0 Å². The number of alkyl halides is 1. The van der Waals surface area contributed by atoms with Crippen LogP contribution in [-0.2, 0) is 9.84 Å². The van der Waals surface area contributed by atoms with E-state index in [-0.39, 0.29) is 17.4 Å². The van der Waals surface area contributed by atoms with Gasteiger partial charge in [-0.05, 0) is 13.0 Å². The fourth-order valence-electron chi connectivity index (χ4n) is 1.78. The molecule has 0 fully saturated rings. The largest absolute Gasteiger partial charge is 0.316 e. The number of hydrogen-bond donors (Lipinski definition) is 1. The van der Waals surface area contributed by atoms with Crippen LogP contribution in [0.15, 0.2) is 0 Å². The SMILES string of the molecule is CCCCCCCCCNCCS(=O)(=O)CCCl. The maximum atomic E-state index is 11.3. The average molecular weight is 298 g/mol. The highest BCUT2D eigenvalue weighted by Gasteiger charge is 2.08.